The van der Waals surface area contributed by atoms with Crippen molar-refractivity contribution in [2.45, 2.75) is 44.7 Å². The number of H-pyrrole nitrogens is 1. The van der Waals surface area contributed by atoms with Crippen molar-refractivity contribution in [3.8, 4) is 11.1 Å². The number of nitrogens with two attached hydrogens (primary N) is 1. The summed E-state index contributed by atoms with van der Waals surface area (Å²) in [6.07, 6.45) is 3.83. The van der Waals surface area contributed by atoms with Gasteiger partial charge in [0.1, 0.15) is 0 Å². The molecule has 1 saturated heterocycles. The number of sulfonamides is 1. The Bertz CT molecular complexity index is 1360. The van der Waals surface area contributed by atoms with Crippen LogP contribution in [0.2, 0.25) is 0 Å². The molecule has 0 spiro atoms. The van der Waals surface area contributed by atoms with Gasteiger partial charge in [-0.1, -0.05) is 18.2 Å². The van der Waals surface area contributed by atoms with Gasteiger partial charge >= 0.3 is 0 Å². The van der Waals surface area contributed by atoms with Crippen molar-refractivity contribution in [2.75, 3.05) is 39.2 Å². The smallest absolute Gasteiger partial charge is 0.250 e. The summed E-state index contributed by atoms with van der Waals surface area (Å²) in [6, 6.07) is 12.0. The number of aliphatic hydroxyl groups excluding tert-OH is 1. The molecule has 3 aromatic rings. The highest BCUT2D eigenvalue weighted by atomic mass is 32.2. The van der Waals surface area contributed by atoms with Crippen LogP contribution in [-0.2, 0) is 21.3 Å². The fourth-order valence-electron chi connectivity index (χ4n) is 5.13. The number of hydrogen-bond acceptors (Lipinski definition) is 6. The van der Waals surface area contributed by atoms with E-state index in [-0.39, 0.29) is 24.3 Å². The number of amides is 1. The molecule has 0 aliphatic carbocycles. The minimum Gasteiger partial charge on any atom is -0.395 e. The number of aliphatic hydroxyl groups is 1. The molecule has 2 aromatic carbocycles. The fraction of sp³-hybridized carbons (Fsp3) is 0.464. The molecule has 1 aliphatic rings. The Labute approximate surface area is 224 Å². The highest BCUT2D eigenvalue weighted by Gasteiger charge is 2.30. The van der Waals surface area contributed by atoms with E-state index >= 15 is 0 Å². The lowest BCUT2D eigenvalue weighted by Gasteiger charge is -2.31. The van der Waals surface area contributed by atoms with Gasteiger partial charge in [0.05, 0.1) is 23.4 Å². The van der Waals surface area contributed by atoms with Crippen molar-refractivity contribution in [3.05, 3.63) is 59.3 Å². The molecule has 1 amide bonds. The van der Waals surface area contributed by atoms with Gasteiger partial charge in [0.25, 0.3) is 5.91 Å². The second kappa shape index (κ2) is 12.4. The van der Waals surface area contributed by atoms with E-state index in [0.29, 0.717) is 56.6 Å². The van der Waals surface area contributed by atoms with Crippen molar-refractivity contribution in [2.24, 2.45) is 5.73 Å². The normalized spacial score (nSPS) is 16.2. The quantitative estimate of drug-likeness (QED) is 0.260. The molecule has 38 heavy (non-hydrogen) atoms. The van der Waals surface area contributed by atoms with Gasteiger partial charge in [-0.15, -0.1) is 0 Å². The molecule has 9 nitrogen and oxygen atoms in total. The van der Waals surface area contributed by atoms with Crippen LogP contribution in [0.15, 0.2) is 42.6 Å². The molecule has 5 N–H and O–H groups in total. The van der Waals surface area contributed by atoms with Crippen molar-refractivity contribution < 1.29 is 23.1 Å². The van der Waals surface area contributed by atoms with Crippen LogP contribution in [-0.4, -0.2) is 73.9 Å². The lowest BCUT2D eigenvalue weighted by molar-refractivity contribution is 0.100. The summed E-state index contributed by atoms with van der Waals surface area (Å²) in [7, 11) is -1.73. The molecule has 206 valence electrons. The second-order valence-corrected chi connectivity index (χ2v) is 12.1. The number of piperidine rings is 1. The molecule has 1 aliphatic heterocycles. The lowest BCUT2D eigenvalue weighted by Crippen LogP contribution is -2.39. The lowest BCUT2D eigenvalue weighted by atomic mass is 9.88. The number of aromatic amines is 1. The van der Waals surface area contributed by atoms with Crippen LogP contribution in [0.3, 0.4) is 0 Å². The highest BCUT2D eigenvalue weighted by molar-refractivity contribution is 7.89. The first-order valence-corrected chi connectivity index (χ1v) is 14.7. The monoisotopic (exact) mass is 542 g/mol. The van der Waals surface area contributed by atoms with Gasteiger partial charge in [0.2, 0.25) is 10.0 Å². The first kappa shape index (κ1) is 28.3. The molecule has 4 rings (SSSR count). The number of nitrogens with one attached hydrogen (secondary N) is 2. The van der Waals surface area contributed by atoms with E-state index in [2.05, 4.69) is 22.4 Å². The van der Waals surface area contributed by atoms with Gasteiger partial charge in [0.15, 0.2) is 0 Å². The minimum atomic E-state index is -3.30. The summed E-state index contributed by atoms with van der Waals surface area (Å²) in [5.74, 6) is -0.241. The number of benzene rings is 2. The third-order valence-electron chi connectivity index (χ3n) is 7.31. The van der Waals surface area contributed by atoms with Crippen LogP contribution in [0, 0.1) is 0 Å². The Kier molecular flexibility index (Phi) is 9.22. The van der Waals surface area contributed by atoms with Crippen LogP contribution in [0.1, 0.15) is 53.6 Å². The van der Waals surface area contributed by atoms with Crippen molar-refractivity contribution in [1.82, 2.24) is 14.6 Å². The van der Waals surface area contributed by atoms with Gasteiger partial charge in [-0.3, -0.25) is 4.79 Å². The number of aromatic nitrogens is 1. The van der Waals surface area contributed by atoms with E-state index in [1.807, 2.05) is 37.4 Å². The predicted octanol–water partition coefficient (Wildman–Crippen LogP) is 2.95. The van der Waals surface area contributed by atoms with Crippen LogP contribution in [0.4, 0.5) is 0 Å². The summed E-state index contributed by atoms with van der Waals surface area (Å²) < 4.78 is 32.0. The zero-order valence-electron chi connectivity index (χ0n) is 22.1. The number of carbonyl (C=O) groups is 1. The SMILES string of the molecule is COCCCS(=O)(=O)N1CCC(c2c[nH]c3c(C(N)=O)cc(-c4cccc(CNC(C)CO)c4)cc23)CC1. The van der Waals surface area contributed by atoms with Gasteiger partial charge in [-0.25, -0.2) is 12.7 Å². The number of rotatable bonds is 12. The van der Waals surface area contributed by atoms with Crippen LogP contribution in [0.5, 0.6) is 0 Å². The van der Waals surface area contributed by atoms with Crippen LogP contribution in [0.25, 0.3) is 22.0 Å². The number of hydrogen-bond donors (Lipinski definition) is 4. The number of ether oxygens (including phenoxy) is 1. The first-order chi connectivity index (χ1) is 18.2. The molecule has 0 bridgehead atoms. The van der Waals surface area contributed by atoms with E-state index in [1.165, 1.54) is 0 Å². The molecule has 0 radical (unpaired) electrons. The molecule has 1 atom stereocenters. The Hall–Kier alpha value is -2.76. The fourth-order valence-corrected chi connectivity index (χ4v) is 6.64. The van der Waals surface area contributed by atoms with Crippen molar-refractivity contribution >= 4 is 26.8 Å². The van der Waals surface area contributed by atoms with E-state index < -0.39 is 15.9 Å². The zero-order chi connectivity index (χ0) is 27.3. The third kappa shape index (κ3) is 6.44. The summed E-state index contributed by atoms with van der Waals surface area (Å²) >= 11 is 0. The summed E-state index contributed by atoms with van der Waals surface area (Å²) in [4.78, 5) is 15.7. The maximum Gasteiger partial charge on any atom is 0.250 e. The van der Waals surface area contributed by atoms with E-state index in [1.54, 1.807) is 11.4 Å². The van der Waals surface area contributed by atoms with E-state index in [9.17, 15) is 18.3 Å². The Morgan fingerprint density at radius 2 is 2.00 bits per heavy atom. The first-order valence-electron chi connectivity index (χ1n) is 13.1. The summed E-state index contributed by atoms with van der Waals surface area (Å²) in [5.41, 5.74) is 10.9. The topological polar surface area (TPSA) is 138 Å². The molecular formula is C28H38N4O5S. The number of primary amides is 1. The summed E-state index contributed by atoms with van der Waals surface area (Å²) in [5, 5.41) is 13.5. The maximum atomic E-state index is 12.7. The molecule has 1 fully saturated rings. The Morgan fingerprint density at radius 1 is 1.24 bits per heavy atom. The number of nitrogens with zero attached hydrogens (tertiary/aromatic N) is 1. The molecular weight excluding hydrogens is 504 g/mol. The van der Waals surface area contributed by atoms with Gasteiger partial charge in [-0.2, -0.15) is 0 Å². The largest absolute Gasteiger partial charge is 0.395 e. The van der Waals surface area contributed by atoms with Gasteiger partial charge in [0, 0.05) is 51.0 Å². The highest BCUT2D eigenvalue weighted by Crippen LogP contribution is 2.37. The number of carbonyl (C=O) groups excluding carboxylic acids is 1. The molecule has 2 heterocycles. The molecule has 0 saturated carbocycles. The van der Waals surface area contributed by atoms with Crippen LogP contribution >= 0.6 is 0 Å². The van der Waals surface area contributed by atoms with Crippen molar-refractivity contribution in [3.63, 3.8) is 0 Å². The maximum absolute atomic E-state index is 12.7. The molecule has 1 unspecified atom stereocenters. The van der Waals surface area contributed by atoms with Crippen molar-refractivity contribution in [1.29, 1.82) is 0 Å². The number of methoxy groups -OCH3 is 1. The third-order valence-corrected chi connectivity index (χ3v) is 9.27. The van der Waals surface area contributed by atoms with Crippen LogP contribution < -0.4 is 11.1 Å². The zero-order valence-corrected chi connectivity index (χ0v) is 22.9. The Morgan fingerprint density at radius 3 is 2.68 bits per heavy atom. The standard InChI is InChI=1S/C28H38N4O5S/c1-19(18-33)30-16-20-5-3-6-22(13-20)23-14-24-26(17-31-27(24)25(15-23)28(29)34)21-7-9-32(10-8-21)38(35,36)12-4-11-37-2/h3,5-6,13-15,17,19,21,30-31,33H,4,7-12,16,18H2,1-2H3,(H2,29,34). The average Bonchev–Trinajstić information content (AvgIpc) is 3.35. The molecule has 10 heteroatoms. The minimum absolute atomic E-state index is 0.00866. The predicted molar refractivity (Wildman–Crippen MR) is 149 cm³/mol. The van der Waals surface area contributed by atoms with Gasteiger partial charge < -0.3 is 25.9 Å². The average molecular weight is 543 g/mol. The number of fused-ring (bicyclic) bond motifs is 1. The Balaban J connectivity index is 1.60. The van der Waals surface area contributed by atoms with E-state index in [0.717, 1.165) is 27.6 Å². The van der Waals surface area contributed by atoms with Gasteiger partial charge in [-0.05, 0) is 72.6 Å². The second-order valence-electron chi connectivity index (χ2n) is 10.1. The van der Waals surface area contributed by atoms with E-state index in [4.69, 9.17) is 10.5 Å². The molecule has 1 aromatic heterocycles. The summed E-state index contributed by atoms with van der Waals surface area (Å²) in [6.45, 7) is 3.96.